The molecule has 21 heavy (non-hydrogen) atoms. The van der Waals surface area contributed by atoms with Crippen molar-refractivity contribution in [3.63, 3.8) is 0 Å². The van der Waals surface area contributed by atoms with Crippen LogP contribution in [0.5, 0.6) is 5.75 Å². The van der Waals surface area contributed by atoms with Crippen molar-refractivity contribution < 1.29 is 19.8 Å². The molecule has 0 spiro atoms. The molecule has 108 valence electrons. The molecule has 1 amide bonds. The van der Waals surface area contributed by atoms with E-state index in [0.717, 1.165) is 0 Å². The summed E-state index contributed by atoms with van der Waals surface area (Å²) in [6, 6.07) is 8.53. The van der Waals surface area contributed by atoms with Crippen LogP contribution in [0.1, 0.15) is 20.7 Å². The number of phenolic OH excluding ortho intramolecular Hbond substituents is 1. The zero-order valence-electron chi connectivity index (χ0n) is 10.4. The van der Waals surface area contributed by atoms with Crippen LogP contribution in [0.3, 0.4) is 0 Å². The maximum atomic E-state index is 12.1. The first-order valence-corrected chi connectivity index (χ1v) is 7.16. The van der Waals surface area contributed by atoms with Gasteiger partial charge in [-0.15, -0.1) is 0 Å². The lowest BCUT2D eigenvalue weighted by Gasteiger charge is -2.08. The Morgan fingerprint density at radius 1 is 1.10 bits per heavy atom. The van der Waals surface area contributed by atoms with Crippen molar-refractivity contribution in [1.29, 1.82) is 0 Å². The Kier molecular flexibility index (Phi) is 4.69. The van der Waals surface area contributed by atoms with Crippen molar-refractivity contribution in [2.45, 2.75) is 0 Å². The van der Waals surface area contributed by atoms with Gasteiger partial charge in [-0.1, -0.05) is 11.6 Å². The first kappa shape index (κ1) is 15.6. The number of carboxylic acid groups (broad SMARTS) is 1. The Bertz CT molecular complexity index is 733. The summed E-state index contributed by atoms with van der Waals surface area (Å²) in [6.45, 7) is 0. The number of aromatic hydroxyl groups is 1. The van der Waals surface area contributed by atoms with E-state index in [0.29, 0.717) is 3.57 Å². The lowest BCUT2D eigenvalue weighted by Crippen LogP contribution is -2.12. The Morgan fingerprint density at radius 3 is 2.43 bits per heavy atom. The lowest BCUT2D eigenvalue weighted by atomic mass is 10.1. The van der Waals surface area contributed by atoms with Crippen LogP contribution in [-0.4, -0.2) is 22.1 Å². The molecule has 0 aromatic heterocycles. The second-order valence-corrected chi connectivity index (χ2v) is 5.75. The molecule has 2 aromatic rings. The SMILES string of the molecule is O=C(O)c1cc(Cl)cc(NC(=O)c2ccc(I)c(O)c2)c1. The van der Waals surface area contributed by atoms with Crippen LogP contribution in [0, 0.1) is 3.57 Å². The van der Waals surface area contributed by atoms with Gasteiger partial charge >= 0.3 is 5.97 Å². The van der Waals surface area contributed by atoms with Crippen LogP contribution in [0.25, 0.3) is 0 Å². The molecule has 5 nitrogen and oxygen atoms in total. The highest BCUT2D eigenvalue weighted by atomic mass is 127. The average Bonchev–Trinajstić information content (AvgIpc) is 2.41. The number of amides is 1. The van der Waals surface area contributed by atoms with Crippen molar-refractivity contribution >= 4 is 51.8 Å². The Hall–Kier alpha value is -1.80. The molecule has 0 radical (unpaired) electrons. The van der Waals surface area contributed by atoms with Gasteiger partial charge in [-0.2, -0.15) is 0 Å². The van der Waals surface area contributed by atoms with Crippen LogP contribution in [0.15, 0.2) is 36.4 Å². The predicted octanol–water partition coefficient (Wildman–Crippen LogP) is 3.60. The summed E-state index contributed by atoms with van der Waals surface area (Å²) >= 11 is 7.75. The highest BCUT2D eigenvalue weighted by Crippen LogP contribution is 2.23. The summed E-state index contributed by atoms with van der Waals surface area (Å²) in [4.78, 5) is 23.0. The molecule has 0 bridgehead atoms. The van der Waals surface area contributed by atoms with Crippen LogP contribution >= 0.6 is 34.2 Å². The minimum absolute atomic E-state index is 0.000527. The Labute approximate surface area is 138 Å². The third-order valence-corrected chi connectivity index (χ3v) is 3.74. The lowest BCUT2D eigenvalue weighted by molar-refractivity contribution is 0.0696. The molecular weight excluding hydrogens is 409 g/mol. The third-order valence-electron chi connectivity index (χ3n) is 2.61. The highest BCUT2D eigenvalue weighted by molar-refractivity contribution is 14.1. The largest absolute Gasteiger partial charge is 0.507 e. The number of hydrogen-bond acceptors (Lipinski definition) is 3. The van der Waals surface area contributed by atoms with E-state index >= 15 is 0 Å². The van der Waals surface area contributed by atoms with Crippen LogP contribution in [-0.2, 0) is 0 Å². The van der Waals surface area contributed by atoms with Crippen molar-refractivity contribution in [1.82, 2.24) is 0 Å². The molecule has 0 saturated carbocycles. The van der Waals surface area contributed by atoms with Crippen molar-refractivity contribution in [3.8, 4) is 5.75 Å². The number of carboxylic acids is 1. The molecule has 2 aromatic carbocycles. The van der Waals surface area contributed by atoms with E-state index in [4.69, 9.17) is 16.7 Å². The first-order chi connectivity index (χ1) is 9.86. The minimum atomic E-state index is -1.14. The number of halogens is 2. The summed E-state index contributed by atoms with van der Waals surface area (Å²) < 4.78 is 0.625. The van der Waals surface area contributed by atoms with Gasteiger partial charge in [0, 0.05) is 16.3 Å². The van der Waals surface area contributed by atoms with Gasteiger partial charge in [0.25, 0.3) is 5.91 Å². The van der Waals surface area contributed by atoms with Gasteiger partial charge in [0.15, 0.2) is 0 Å². The third kappa shape index (κ3) is 3.85. The quantitative estimate of drug-likeness (QED) is 0.666. The second kappa shape index (κ2) is 6.31. The zero-order valence-corrected chi connectivity index (χ0v) is 13.3. The monoisotopic (exact) mass is 417 g/mol. The van der Waals surface area contributed by atoms with Gasteiger partial charge in [-0.05, 0) is 59.0 Å². The molecule has 0 atom stereocenters. The van der Waals surface area contributed by atoms with Crippen molar-refractivity contribution in [3.05, 3.63) is 56.1 Å². The van der Waals surface area contributed by atoms with Gasteiger partial charge in [-0.3, -0.25) is 4.79 Å². The van der Waals surface area contributed by atoms with Crippen LogP contribution in [0.2, 0.25) is 5.02 Å². The number of benzene rings is 2. The fourth-order valence-electron chi connectivity index (χ4n) is 1.64. The van der Waals surface area contributed by atoms with Crippen molar-refractivity contribution in [2.75, 3.05) is 5.32 Å². The van der Waals surface area contributed by atoms with E-state index in [1.807, 2.05) is 22.6 Å². The molecule has 0 fully saturated rings. The van der Waals surface area contributed by atoms with Crippen molar-refractivity contribution in [2.24, 2.45) is 0 Å². The van der Waals surface area contributed by atoms with Gasteiger partial charge in [0.1, 0.15) is 5.75 Å². The number of hydrogen-bond donors (Lipinski definition) is 3. The number of carbonyl (C=O) groups is 2. The maximum absolute atomic E-state index is 12.1. The van der Waals surface area contributed by atoms with E-state index in [-0.39, 0.29) is 27.6 Å². The normalized spacial score (nSPS) is 10.2. The summed E-state index contributed by atoms with van der Waals surface area (Å²) in [6.07, 6.45) is 0. The molecular formula is C14H9ClINO4. The van der Waals surface area contributed by atoms with E-state index in [9.17, 15) is 14.7 Å². The standard InChI is InChI=1S/C14H9ClINO4/c15-9-3-8(14(20)21)4-10(6-9)17-13(19)7-1-2-11(16)12(18)5-7/h1-6,18H,(H,17,19)(H,20,21). The highest BCUT2D eigenvalue weighted by Gasteiger charge is 2.11. The summed E-state index contributed by atoms with van der Waals surface area (Å²) in [5.41, 5.74) is 0.496. The van der Waals surface area contributed by atoms with Gasteiger partial charge in [0.2, 0.25) is 0 Å². The van der Waals surface area contributed by atoms with Gasteiger partial charge in [-0.25, -0.2) is 4.79 Å². The van der Waals surface area contributed by atoms with E-state index in [1.165, 1.54) is 24.3 Å². The molecule has 7 heteroatoms. The molecule has 0 saturated heterocycles. The zero-order chi connectivity index (χ0) is 15.6. The predicted molar refractivity (Wildman–Crippen MR) is 87.2 cm³/mol. The smallest absolute Gasteiger partial charge is 0.335 e. The number of phenols is 1. The molecule has 0 aliphatic rings. The number of carbonyl (C=O) groups excluding carboxylic acids is 1. The second-order valence-electron chi connectivity index (χ2n) is 4.15. The van der Waals surface area contributed by atoms with E-state index < -0.39 is 11.9 Å². The van der Waals surface area contributed by atoms with E-state index in [1.54, 1.807) is 12.1 Å². The summed E-state index contributed by atoms with van der Waals surface area (Å²) in [7, 11) is 0. The van der Waals surface area contributed by atoms with E-state index in [2.05, 4.69) is 5.32 Å². The fourth-order valence-corrected chi connectivity index (χ4v) is 2.21. The average molecular weight is 418 g/mol. The molecule has 0 aliphatic heterocycles. The maximum Gasteiger partial charge on any atom is 0.335 e. The topological polar surface area (TPSA) is 86.6 Å². The molecule has 0 aliphatic carbocycles. The minimum Gasteiger partial charge on any atom is -0.507 e. The number of anilines is 1. The van der Waals surface area contributed by atoms with Gasteiger partial charge in [0.05, 0.1) is 9.13 Å². The molecule has 3 N–H and O–H groups in total. The Morgan fingerprint density at radius 2 is 1.81 bits per heavy atom. The van der Waals surface area contributed by atoms with Crippen LogP contribution in [0.4, 0.5) is 5.69 Å². The fraction of sp³-hybridized carbons (Fsp3) is 0. The molecule has 2 rings (SSSR count). The van der Waals surface area contributed by atoms with Gasteiger partial charge < -0.3 is 15.5 Å². The first-order valence-electron chi connectivity index (χ1n) is 5.70. The Balaban J connectivity index is 2.27. The molecule has 0 heterocycles. The summed E-state index contributed by atoms with van der Waals surface area (Å²) in [5, 5.41) is 21.3. The number of nitrogens with one attached hydrogen (secondary N) is 1. The number of aromatic carboxylic acids is 1. The van der Waals surface area contributed by atoms with Crippen LogP contribution < -0.4 is 5.32 Å². The summed E-state index contributed by atoms with van der Waals surface area (Å²) in [5.74, 6) is -1.61. The number of rotatable bonds is 3. The molecule has 0 unspecified atom stereocenters.